The van der Waals surface area contributed by atoms with E-state index in [0.29, 0.717) is 11.1 Å². The topological polar surface area (TPSA) is 70.0 Å². The van der Waals surface area contributed by atoms with Crippen molar-refractivity contribution in [2.24, 2.45) is 0 Å². The van der Waals surface area contributed by atoms with E-state index in [1.165, 1.54) is 6.07 Å². The van der Waals surface area contributed by atoms with Crippen LogP contribution in [0, 0.1) is 18.3 Å². The third kappa shape index (κ3) is 3.16. The number of rotatable bonds is 3. The minimum absolute atomic E-state index is 0.0547. The van der Waals surface area contributed by atoms with E-state index >= 15 is 0 Å². The van der Waals surface area contributed by atoms with Crippen molar-refractivity contribution in [1.82, 2.24) is 4.72 Å². The molecule has 1 aromatic rings. The number of benzene rings is 1. The smallest absolute Gasteiger partial charge is 0.207 e. The van der Waals surface area contributed by atoms with E-state index in [2.05, 4.69) is 20.7 Å². The van der Waals surface area contributed by atoms with Crippen LogP contribution in [0.4, 0.5) is 0 Å². The Morgan fingerprint density at radius 3 is 2.68 bits per heavy atom. The number of halogens is 1. The first-order valence-electron chi connectivity index (χ1n) is 6.11. The van der Waals surface area contributed by atoms with Gasteiger partial charge in [0.2, 0.25) is 10.0 Å². The highest BCUT2D eigenvalue weighted by molar-refractivity contribution is 9.09. The predicted molar refractivity (Wildman–Crippen MR) is 76.6 cm³/mol. The molecule has 0 spiro atoms. The van der Waals surface area contributed by atoms with Crippen LogP contribution in [0.25, 0.3) is 0 Å². The predicted octanol–water partition coefficient (Wildman–Crippen LogP) is 2.46. The highest BCUT2D eigenvalue weighted by Crippen LogP contribution is 2.27. The molecule has 1 aromatic carbocycles. The molecular formula is C13H15BrN2O2S. The van der Waals surface area contributed by atoms with Gasteiger partial charge < -0.3 is 0 Å². The normalized spacial score (nSPS) is 23.2. The summed E-state index contributed by atoms with van der Waals surface area (Å²) in [6.07, 6.45) is 2.86. The number of nitrogens with zero attached hydrogens (tertiary/aromatic N) is 1. The lowest BCUT2D eigenvalue weighted by Gasteiger charge is -2.16. The van der Waals surface area contributed by atoms with Crippen LogP contribution in [0.5, 0.6) is 0 Å². The lowest BCUT2D eigenvalue weighted by Crippen LogP contribution is -2.37. The van der Waals surface area contributed by atoms with Crippen molar-refractivity contribution in [2.75, 3.05) is 0 Å². The maximum atomic E-state index is 12.3. The van der Waals surface area contributed by atoms with Gasteiger partial charge in [0.15, 0.2) is 0 Å². The molecule has 0 heterocycles. The summed E-state index contributed by atoms with van der Waals surface area (Å²) in [5, 5.41) is 8.86. The van der Waals surface area contributed by atoms with E-state index in [9.17, 15) is 8.42 Å². The summed E-state index contributed by atoms with van der Waals surface area (Å²) in [7, 11) is -3.51. The van der Waals surface area contributed by atoms with E-state index in [1.54, 1.807) is 19.1 Å². The van der Waals surface area contributed by atoms with Crippen LogP contribution in [-0.2, 0) is 10.0 Å². The molecule has 1 aliphatic rings. The van der Waals surface area contributed by atoms with Gasteiger partial charge in [-0.05, 0) is 43.5 Å². The molecule has 1 saturated carbocycles. The fourth-order valence-corrected chi connectivity index (χ4v) is 4.53. The van der Waals surface area contributed by atoms with Crippen molar-refractivity contribution in [3.8, 4) is 6.07 Å². The Morgan fingerprint density at radius 1 is 1.42 bits per heavy atom. The molecule has 0 aromatic heterocycles. The second kappa shape index (κ2) is 5.61. The summed E-state index contributed by atoms with van der Waals surface area (Å²) in [5.74, 6) is 0. The first-order chi connectivity index (χ1) is 8.94. The summed E-state index contributed by atoms with van der Waals surface area (Å²) >= 11 is 3.50. The van der Waals surface area contributed by atoms with Crippen molar-refractivity contribution in [1.29, 1.82) is 5.26 Å². The van der Waals surface area contributed by atoms with Gasteiger partial charge in [-0.15, -0.1) is 0 Å². The van der Waals surface area contributed by atoms with Gasteiger partial charge in [0.1, 0.15) is 0 Å². The van der Waals surface area contributed by atoms with Crippen molar-refractivity contribution in [3.63, 3.8) is 0 Å². The van der Waals surface area contributed by atoms with Gasteiger partial charge in [0.05, 0.1) is 16.5 Å². The molecule has 102 valence electrons. The molecule has 2 atom stereocenters. The zero-order valence-corrected chi connectivity index (χ0v) is 13.0. The lowest BCUT2D eigenvalue weighted by molar-refractivity contribution is 0.556. The molecular weight excluding hydrogens is 328 g/mol. The van der Waals surface area contributed by atoms with Gasteiger partial charge >= 0.3 is 0 Å². The Kier molecular flexibility index (Phi) is 4.29. The van der Waals surface area contributed by atoms with Gasteiger partial charge in [-0.1, -0.05) is 22.4 Å². The molecule has 4 nitrogen and oxygen atoms in total. The standard InChI is InChI=1S/C13H15BrN2O2S/c1-9-7-11(6-5-10(9)8-15)19(17,18)16-13-4-2-3-12(13)14/h5-7,12-13,16H,2-4H2,1H3. The van der Waals surface area contributed by atoms with Crippen LogP contribution in [0.2, 0.25) is 0 Å². The van der Waals surface area contributed by atoms with Crippen LogP contribution in [-0.4, -0.2) is 19.3 Å². The van der Waals surface area contributed by atoms with Crippen LogP contribution in [0.15, 0.2) is 23.1 Å². The van der Waals surface area contributed by atoms with Gasteiger partial charge in [-0.2, -0.15) is 5.26 Å². The highest BCUT2D eigenvalue weighted by Gasteiger charge is 2.29. The van der Waals surface area contributed by atoms with Crippen molar-refractivity contribution in [3.05, 3.63) is 29.3 Å². The van der Waals surface area contributed by atoms with Crippen LogP contribution in [0.1, 0.15) is 30.4 Å². The van der Waals surface area contributed by atoms with Crippen molar-refractivity contribution >= 4 is 26.0 Å². The van der Waals surface area contributed by atoms with E-state index in [1.807, 2.05) is 6.07 Å². The molecule has 1 fully saturated rings. The first kappa shape index (κ1) is 14.5. The van der Waals surface area contributed by atoms with Gasteiger partial charge in [-0.25, -0.2) is 13.1 Å². The SMILES string of the molecule is Cc1cc(S(=O)(=O)NC2CCCC2Br)ccc1C#N. The molecule has 0 bridgehead atoms. The second-order valence-corrected chi connectivity index (χ2v) is 7.65. The van der Waals surface area contributed by atoms with Crippen LogP contribution < -0.4 is 4.72 Å². The van der Waals surface area contributed by atoms with E-state index in [0.717, 1.165) is 19.3 Å². The Balaban J connectivity index is 2.25. The quantitative estimate of drug-likeness (QED) is 0.857. The summed E-state index contributed by atoms with van der Waals surface area (Å²) in [6.45, 7) is 1.74. The fourth-order valence-electron chi connectivity index (χ4n) is 2.24. The minimum atomic E-state index is -3.51. The molecule has 0 aliphatic heterocycles. The van der Waals surface area contributed by atoms with Crippen molar-refractivity contribution < 1.29 is 8.42 Å². The van der Waals surface area contributed by atoms with E-state index in [-0.39, 0.29) is 15.8 Å². The molecule has 0 radical (unpaired) electrons. The largest absolute Gasteiger partial charge is 0.240 e. The van der Waals surface area contributed by atoms with E-state index in [4.69, 9.17) is 5.26 Å². The third-order valence-corrected chi connectivity index (χ3v) is 5.95. The molecule has 1 aliphatic carbocycles. The maximum absolute atomic E-state index is 12.3. The summed E-state index contributed by atoms with van der Waals surface area (Å²) in [5.41, 5.74) is 1.17. The zero-order valence-electron chi connectivity index (χ0n) is 10.6. The minimum Gasteiger partial charge on any atom is -0.207 e. The molecule has 19 heavy (non-hydrogen) atoms. The maximum Gasteiger partial charge on any atom is 0.240 e. The molecule has 2 unspecified atom stereocenters. The average Bonchev–Trinajstić information content (AvgIpc) is 2.74. The number of aryl methyl sites for hydroxylation is 1. The van der Waals surface area contributed by atoms with Crippen LogP contribution >= 0.6 is 15.9 Å². The van der Waals surface area contributed by atoms with E-state index < -0.39 is 10.0 Å². The van der Waals surface area contributed by atoms with Gasteiger partial charge in [0, 0.05) is 10.9 Å². The number of nitrogens with one attached hydrogen (secondary N) is 1. The molecule has 1 N–H and O–H groups in total. The number of alkyl halides is 1. The third-order valence-electron chi connectivity index (χ3n) is 3.37. The molecule has 6 heteroatoms. The summed E-state index contributed by atoms with van der Waals surface area (Å²) in [6, 6.07) is 6.54. The Bertz CT molecular complexity index is 622. The van der Waals surface area contributed by atoms with Crippen molar-refractivity contribution in [2.45, 2.75) is 42.0 Å². The number of hydrogen-bond acceptors (Lipinski definition) is 3. The fraction of sp³-hybridized carbons (Fsp3) is 0.462. The zero-order chi connectivity index (χ0) is 14.0. The first-order valence-corrected chi connectivity index (χ1v) is 8.51. The van der Waals surface area contributed by atoms with Gasteiger partial charge in [-0.3, -0.25) is 0 Å². The Hall–Kier alpha value is -0.900. The molecule has 0 amide bonds. The number of nitriles is 1. The number of sulfonamides is 1. The Morgan fingerprint density at radius 2 is 2.16 bits per heavy atom. The molecule has 0 saturated heterocycles. The number of hydrogen-bond donors (Lipinski definition) is 1. The lowest BCUT2D eigenvalue weighted by atomic mass is 10.1. The monoisotopic (exact) mass is 342 g/mol. The second-order valence-electron chi connectivity index (χ2n) is 4.76. The Labute approximate surface area is 122 Å². The summed E-state index contributed by atoms with van der Waals surface area (Å²) in [4.78, 5) is 0.414. The summed E-state index contributed by atoms with van der Waals surface area (Å²) < 4.78 is 27.3. The van der Waals surface area contributed by atoms with Gasteiger partial charge in [0.25, 0.3) is 0 Å². The highest BCUT2D eigenvalue weighted by atomic mass is 79.9. The van der Waals surface area contributed by atoms with Crippen LogP contribution in [0.3, 0.4) is 0 Å². The molecule has 2 rings (SSSR count). The average molecular weight is 343 g/mol.